The summed E-state index contributed by atoms with van der Waals surface area (Å²) in [5.74, 6) is -2.07. The molecule has 20 heavy (non-hydrogen) atoms. The predicted octanol–water partition coefficient (Wildman–Crippen LogP) is 1.41. The molecule has 0 radical (unpaired) electrons. The van der Waals surface area contributed by atoms with Gasteiger partial charge in [-0.25, -0.2) is 8.78 Å². The molecule has 0 aromatic heterocycles. The van der Waals surface area contributed by atoms with E-state index in [1.165, 1.54) is 13.2 Å². The highest BCUT2D eigenvalue weighted by molar-refractivity contribution is 5.78. The monoisotopic (exact) mass is 287 g/mol. The minimum atomic E-state index is -1.13. The average Bonchev–Trinajstić information content (AvgIpc) is 2.39. The van der Waals surface area contributed by atoms with Gasteiger partial charge in [0.25, 0.3) is 0 Å². The summed E-state index contributed by atoms with van der Waals surface area (Å²) in [6, 6.07) is 3.43. The van der Waals surface area contributed by atoms with E-state index in [1.54, 1.807) is 6.92 Å². The van der Waals surface area contributed by atoms with E-state index < -0.39 is 29.6 Å². The van der Waals surface area contributed by atoms with E-state index in [0.717, 1.165) is 12.1 Å². The highest BCUT2D eigenvalue weighted by Crippen LogP contribution is 2.13. The van der Waals surface area contributed by atoms with Crippen molar-refractivity contribution in [3.05, 3.63) is 35.4 Å². The van der Waals surface area contributed by atoms with Gasteiger partial charge < -0.3 is 15.2 Å². The zero-order chi connectivity index (χ0) is 15.2. The van der Waals surface area contributed by atoms with E-state index in [0.29, 0.717) is 13.0 Å². The number of hydrogen-bond donors (Lipinski definition) is 2. The quantitative estimate of drug-likeness (QED) is 0.797. The number of hydrogen-bond acceptors (Lipinski definition) is 3. The summed E-state index contributed by atoms with van der Waals surface area (Å²) in [4.78, 5) is 11.7. The smallest absolute Gasteiger partial charge is 0.224 e. The third-order valence-corrected chi connectivity index (χ3v) is 2.91. The van der Waals surface area contributed by atoms with Gasteiger partial charge in [-0.15, -0.1) is 0 Å². The Morgan fingerprint density at radius 3 is 2.55 bits per heavy atom. The normalized spacial score (nSPS) is 13.8. The molecule has 1 unspecified atom stereocenters. The molecule has 2 N–H and O–H groups in total. The van der Waals surface area contributed by atoms with Crippen molar-refractivity contribution in [1.29, 1.82) is 0 Å². The minimum Gasteiger partial charge on any atom is -0.388 e. The fourth-order valence-corrected chi connectivity index (χ4v) is 1.62. The fraction of sp³-hybridized carbons (Fsp3) is 0.500. The lowest BCUT2D eigenvalue weighted by molar-refractivity contribution is -0.121. The zero-order valence-electron chi connectivity index (χ0n) is 11.6. The van der Waals surface area contributed by atoms with Gasteiger partial charge in [0, 0.05) is 32.2 Å². The summed E-state index contributed by atoms with van der Waals surface area (Å²) < 4.78 is 31.6. The van der Waals surface area contributed by atoms with Crippen molar-refractivity contribution >= 4 is 5.91 Å². The summed E-state index contributed by atoms with van der Waals surface area (Å²) in [7, 11) is 1.51. The van der Waals surface area contributed by atoms with Crippen molar-refractivity contribution in [2.45, 2.75) is 25.4 Å². The van der Waals surface area contributed by atoms with Gasteiger partial charge in [0.2, 0.25) is 5.91 Å². The van der Waals surface area contributed by atoms with Crippen LogP contribution in [0.2, 0.25) is 0 Å². The molecule has 0 saturated heterocycles. The van der Waals surface area contributed by atoms with Crippen LogP contribution in [-0.2, 0) is 16.0 Å². The summed E-state index contributed by atoms with van der Waals surface area (Å²) in [6.45, 7) is 1.89. The maximum atomic E-state index is 13.4. The number of aliphatic hydroxyl groups is 1. The van der Waals surface area contributed by atoms with Crippen molar-refractivity contribution in [3.63, 3.8) is 0 Å². The van der Waals surface area contributed by atoms with E-state index in [2.05, 4.69) is 5.32 Å². The van der Waals surface area contributed by atoms with Crippen LogP contribution >= 0.6 is 0 Å². The minimum absolute atomic E-state index is 0.00867. The fourth-order valence-electron chi connectivity index (χ4n) is 1.62. The maximum absolute atomic E-state index is 13.4. The first-order valence-electron chi connectivity index (χ1n) is 6.26. The third-order valence-electron chi connectivity index (χ3n) is 2.91. The molecule has 0 aliphatic carbocycles. The molecule has 0 bridgehead atoms. The van der Waals surface area contributed by atoms with E-state index >= 15 is 0 Å². The second kappa shape index (κ2) is 7.31. The zero-order valence-corrected chi connectivity index (χ0v) is 11.6. The molecule has 4 nitrogen and oxygen atoms in total. The molecule has 6 heteroatoms. The highest BCUT2D eigenvalue weighted by Gasteiger charge is 2.21. The molecular formula is C14H19F2NO3. The number of ether oxygens (including phenoxy) is 1. The van der Waals surface area contributed by atoms with Crippen LogP contribution in [0.1, 0.15) is 18.9 Å². The number of halogens is 2. The van der Waals surface area contributed by atoms with Crippen LogP contribution in [0.4, 0.5) is 8.78 Å². The van der Waals surface area contributed by atoms with E-state index in [1.807, 2.05) is 0 Å². The van der Waals surface area contributed by atoms with Gasteiger partial charge in [-0.1, -0.05) is 6.07 Å². The molecule has 1 aromatic rings. The van der Waals surface area contributed by atoms with Crippen LogP contribution in [-0.4, -0.2) is 36.9 Å². The largest absolute Gasteiger partial charge is 0.388 e. The summed E-state index contributed by atoms with van der Waals surface area (Å²) in [6.07, 6.45) is -0.0588. The molecule has 1 aromatic carbocycles. The van der Waals surface area contributed by atoms with Crippen LogP contribution in [0, 0.1) is 11.6 Å². The molecule has 0 aliphatic rings. The lowest BCUT2D eigenvalue weighted by atomic mass is 10.0. The van der Waals surface area contributed by atoms with Crippen molar-refractivity contribution in [1.82, 2.24) is 5.32 Å². The first-order valence-corrected chi connectivity index (χ1v) is 6.26. The number of carbonyl (C=O) groups is 1. The van der Waals surface area contributed by atoms with Gasteiger partial charge in [0.1, 0.15) is 11.6 Å². The lowest BCUT2D eigenvalue weighted by Gasteiger charge is -2.23. The number of rotatable bonds is 7. The van der Waals surface area contributed by atoms with Crippen LogP contribution in [0.15, 0.2) is 18.2 Å². The Kier molecular flexibility index (Phi) is 6.04. The molecule has 1 amide bonds. The van der Waals surface area contributed by atoms with Gasteiger partial charge in [-0.05, 0) is 19.1 Å². The van der Waals surface area contributed by atoms with Crippen LogP contribution in [0.5, 0.6) is 0 Å². The van der Waals surface area contributed by atoms with E-state index in [9.17, 15) is 18.7 Å². The highest BCUT2D eigenvalue weighted by atomic mass is 19.1. The average molecular weight is 287 g/mol. The van der Waals surface area contributed by atoms with Crippen LogP contribution in [0.3, 0.4) is 0 Å². The molecule has 0 saturated carbocycles. The van der Waals surface area contributed by atoms with Gasteiger partial charge in [-0.2, -0.15) is 0 Å². The second-order valence-electron chi connectivity index (χ2n) is 4.89. The lowest BCUT2D eigenvalue weighted by Crippen LogP contribution is -2.42. The Morgan fingerprint density at radius 2 is 2.00 bits per heavy atom. The molecule has 1 atom stereocenters. The van der Waals surface area contributed by atoms with E-state index in [4.69, 9.17) is 4.74 Å². The number of amides is 1. The summed E-state index contributed by atoms with van der Waals surface area (Å²) in [5.41, 5.74) is -1.40. The van der Waals surface area contributed by atoms with Gasteiger partial charge >= 0.3 is 0 Å². The molecular weight excluding hydrogens is 268 g/mol. The number of carbonyl (C=O) groups excluding carboxylic acids is 1. The molecule has 0 aliphatic heterocycles. The number of benzene rings is 1. The molecule has 0 fully saturated rings. The van der Waals surface area contributed by atoms with Gasteiger partial charge in [-0.3, -0.25) is 4.79 Å². The topological polar surface area (TPSA) is 58.6 Å². The van der Waals surface area contributed by atoms with Crippen molar-refractivity contribution in [3.8, 4) is 0 Å². The van der Waals surface area contributed by atoms with Crippen molar-refractivity contribution < 1.29 is 23.4 Å². The van der Waals surface area contributed by atoms with Crippen LogP contribution < -0.4 is 5.32 Å². The maximum Gasteiger partial charge on any atom is 0.224 e. The molecule has 112 valence electrons. The Morgan fingerprint density at radius 1 is 1.40 bits per heavy atom. The number of methoxy groups -OCH3 is 1. The summed E-state index contributed by atoms with van der Waals surface area (Å²) in [5, 5.41) is 12.4. The third kappa shape index (κ3) is 5.22. The van der Waals surface area contributed by atoms with Gasteiger partial charge in [0.15, 0.2) is 0 Å². The Hall–Kier alpha value is -1.53. The summed E-state index contributed by atoms with van der Waals surface area (Å²) >= 11 is 0. The van der Waals surface area contributed by atoms with Gasteiger partial charge in [0.05, 0.1) is 12.0 Å². The van der Waals surface area contributed by atoms with Crippen LogP contribution in [0.25, 0.3) is 0 Å². The molecule has 0 heterocycles. The number of nitrogens with one attached hydrogen (secondary N) is 1. The Bertz CT molecular complexity index is 443. The second-order valence-corrected chi connectivity index (χ2v) is 4.89. The predicted molar refractivity (Wildman–Crippen MR) is 70.2 cm³/mol. The Balaban J connectivity index is 2.52. The molecule has 1 rings (SSSR count). The first kappa shape index (κ1) is 16.5. The van der Waals surface area contributed by atoms with Crippen molar-refractivity contribution in [2.75, 3.05) is 20.3 Å². The SMILES string of the molecule is COCCC(C)(O)CNC(=O)Cc1c(F)cccc1F. The van der Waals surface area contributed by atoms with E-state index in [-0.39, 0.29) is 12.1 Å². The molecule has 0 spiro atoms. The standard InChI is InChI=1S/C14H19F2NO3/c1-14(19,6-7-20-2)9-17-13(18)8-10-11(15)4-3-5-12(10)16/h3-5,19H,6-9H2,1-2H3,(H,17,18). The van der Waals surface area contributed by atoms with Crippen molar-refractivity contribution in [2.24, 2.45) is 0 Å². The first-order chi connectivity index (χ1) is 9.35. The Labute approximate surface area is 116 Å².